The third-order valence-electron chi connectivity index (χ3n) is 2.09. The summed E-state index contributed by atoms with van der Waals surface area (Å²) in [7, 11) is 0. The summed E-state index contributed by atoms with van der Waals surface area (Å²) in [6.07, 6.45) is 3.48. The van der Waals surface area contributed by atoms with Crippen LogP contribution in [0.4, 0.5) is 0 Å². The van der Waals surface area contributed by atoms with E-state index in [2.05, 4.69) is 34.4 Å². The van der Waals surface area contributed by atoms with Crippen LogP contribution in [0.1, 0.15) is 25.2 Å². The van der Waals surface area contributed by atoms with Gasteiger partial charge in [-0.05, 0) is 18.9 Å². The molecule has 0 aliphatic carbocycles. The van der Waals surface area contributed by atoms with Crippen molar-refractivity contribution in [2.24, 2.45) is 0 Å². The third-order valence-corrected chi connectivity index (χ3v) is 2.73. The van der Waals surface area contributed by atoms with E-state index in [4.69, 9.17) is 0 Å². The molecular weight excluding hydrogens is 196 g/mol. The molecule has 0 amide bonds. The average Bonchev–Trinajstić information content (AvgIpc) is 2.85. The molecule has 5 heteroatoms. The Kier molecular flexibility index (Phi) is 2.58. The van der Waals surface area contributed by atoms with Gasteiger partial charge in [-0.25, -0.2) is 9.67 Å². The molecule has 0 aliphatic rings. The fourth-order valence-corrected chi connectivity index (χ4v) is 1.84. The first-order valence-corrected chi connectivity index (χ1v) is 5.47. The molecule has 0 aromatic carbocycles. The number of hydrogen-bond acceptors (Lipinski definition) is 4. The van der Waals surface area contributed by atoms with Crippen molar-refractivity contribution in [2.75, 3.05) is 0 Å². The largest absolute Gasteiger partial charge is 0.230 e. The molecule has 0 atom stereocenters. The van der Waals surface area contributed by atoms with E-state index in [0.29, 0.717) is 0 Å². The predicted molar refractivity (Wildman–Crippen MR) is 55.8 cm³/mol. The summed E-state index contributed by atoms with van der Waals surface area (Å²) in [5.74, 6) is 0. The molecule has 0 N–H and O–H groups in total. The molecule has 0 spiro atoms. The minimum Gasteiger partial charge on any atom is -0.209 e. The molecule has 0 unspecified atom stereocenters. The van der Waals surface area contributed by atoms with Gasteiger partial charge < -0.3 is 0 Å². The summed E-state index contributed by atoms with van der Waals surface area (Å²) in [4.78, 5) is 4.15. The monoisotopic (exact) mass is 208 g/mol. The van der Waals surface area contributed by atoms with Gasteiger partial charge >= 0.3 is 0 Å². The fourth-order valence-electron chi connectivity index (χ4n) is 1.33. The van der Waals surface area contributed by atoms with Crippen LogP contribution in [0.5, 0.6) is 0 Å². The molecule has 0 bridgehead atoms. The van der Waals surface area contributed by atoms with Gasteiger partial charge in [0.15, 0.2) is 0 Å². The molecule has 0 saturated carbocycles. The number of rotatable bonds is 3. The van der Waals surface area contributed by atoms with Crippen LogP contribution >= 0.6 is 11.5 Å². The average molecular weight is 208 g/mol. The molecule has 2 rings (SSSR count). The van der Waals surface area contributed by atoms with Crippen molar-refractivity contribution in [3.63, 3.8) is 0 Å². The van der Waals surface area contributed by atoms with Crippen LogP contribution in [0.3, 0.4) is 0 Å². The van der Waals surface area contributed by atoms with Crippen molar-refractivity contribution < 1.29 is 0 Å². The van der Waals surface area contributed by atoms with E-state index in [1.165, 1.54) is 17.2 Å². The molecule has 2 aromatic heterocycles. The summed E-state index contributed by atoms with van der Waals surface area (Å²) >= 11 is 1.37. The lowest BCUT2D eigenvalue weighted by molar-refractivity contribution is 0.787. The van der Waals surface area contributed by atoms with Crippen LogP contribution in [0.2, 0.25) is 0 Å². The first-order valence-electron chi connectivity index (χ1n) is 4.70. The van der Waals surface area contributed by atoms with Gasteiger partial charge in [-0.2, -0.15) is 9.47 Å². The summed E-state index contributed by atoms with van der Waals surface area (Å²) in [5, 5.41) is 5.32. The third kappa shape index (κ3) is 1.55. The van der Waals surface area contributed by atoms with E-state index in [0.717, 1.165) is 23.7 Å². The quantitative estimate of drug-likeness (QED) is 0.773. The Bertz CT molecular complexity index is 404. The van der Waals surface area contributed by atoms with Gasteiger partial charge in [-0.1, -0.05) is 13.8 Å². The summed E-state index contributed by atoms with van der Waals surface area (Å²) < 4.78 is 5.86. The maximum absolute atomic E-state index is 4.47. The smallest absolute Gasteiger partial charge is 0.209 e. The Balaban J connectivity index is 2.46. The van der Waals surface area contributed by atoms with Gasteiger partial charge in [-0.3, -0.25) is 0 Å². The molecule has 0 saturated heterocycles. The van der Waals surface area contributed by atoms with Gasteiger partial charge in [0.05, 0.1) is 5.69 Å². The normalized spacial score (nSPS) is 10.7. The topological polar surface area (TPSA) is 43.6 Å². The maximum atomic E-state index is 4.47. The Morgan fingerprint density at radius 3 is 2.79 bits per heavy atom. The Morgan fingerprint density at radius 2 is 2.21 bits per heavy atom. The van der Waals surface area contributed by atoms with E-state index in [9.17, 15) is 0 Å². The minimum absolute atomic E-state index is 0.849. The van der Waals surface area contributed by atoms with Crippen LogP contribution in [-0.4, -0.2) is 19.1 Å². The minimum atomic E-state index is 0.849. The first-order chi connectivity index (χ1) is 6.85. The molecule has 14 heavy (non-hydrogen) atoms. The molecule has 74 valence electrons. The van der Waals surface area contributed by atoms with E-state index in [1.54, 1.807) is 6.33 Å². The number of hydrogen-bond donors (Lipinski definition) is 0. The van der Waals surface area contributed by atoms with E-state index in [-0.39, 0.29) is 0 Å². The summed E-state index contributed by atoms with van der Waals surface area (Å²) in [6.45, 7) is 4.22. The lowest BCUT2D eigenvalue weighted by atomic mass is 10.3. The zero-order chi connectivity index (χ0) is 9.97. The second-order valence-electron chi connectivity index (χ2n) is 2.97. The lowest BCUT2D eigenvalue weighted by Crippen LogP contribution is -2.00. The van der Waals surface area contributed by atoms with Crippen molar-refractivity contribution in [3.8, 4) is 5.13 Å². The van der Waals surface area contributed by atoms with Crippen molar-refractivity contribution in [2.45, 2.75) is 26.7 Å². The van der Waals surface area contributed by atoms with Gasteiger partial charge in [0.1, 0.15) is 6.33 Å². The van der Waals surface area contributed by atoms with E-state index < -0.39 is 0 Å². The molecular formula is C9H12N4S. The van der Waals surface area contributed by atoms with E-state index >= 15 is 0 Å². The highest BCUT2D eigenvalue weighted by atomic mass is 32.1. The number of aryl methyl sites for hydroxylation is 2. The van der Waals surface area contributed by atoms with Crippen molar-refractivity contribution in [1.82, 2.24) is 19.1 Å². The lowest BCUT2D eigenvalue weighted by Gasteiger charge is -1.98. The molecule has 2 aromatic rings. The number of aromatic nitrogens is 4. The highest BCUT2D eigenvalue weighted by Crippen LogP contribution is 2.14. The Morgan fingerprint density at radius 1 is 1.36 bits per heavy atom. The second kappa shape index (κ2) is 3.88. The molecule has 4 nitrogen and oxygen atoms in total. The zero-order valence-electron chi connectivity index (χ0n) is 8.27. The first kappa shape index (κ1) is 9.33. The van der Waals surface area contributed by atoms with Crippen molar-refractivity contribution in [1.29, 1.82) is 0 Å². The molecule has 2 heterocycles. The summed E-state index contributed by atoms with van der Waals surface area (Å²) in [5.41, 5.74) is 2.30. The zero-order valence-corrected chi connectivity index (χ0v) is 9.08. The van der Waals surface area contributed by atoms with Crippen LogP contribution in [0, 0.1) is 0 Å². The molecule has 0 fully saturated rings. The fraction of sp³-hybridized carbons (Fsp3) is 0.444. The highest BCUT2D eigenvalue weighted by molar-refractivity contribution is 7.07. The van der Waals surface area contributed by atoms with Crippen LogP contribution in [0.25, 0.3) is 5.13 Å². The predicted octanol–water partition coefficient (Wildman–Crippen LogP) is 1.85. The Labute approximate surface area is 86.8 Å². The van der Waals surface area contributed by atoms with Gasteiger partial charge in [-0.15, -0.1) is 0 Å². The Hall–Kier alpha value is -1.23. The van der Waals surface area contributed by atoms with Crippen molar-refractivity contribution in [3.05, 3.63) is 23.8 Å². The van der Waals surface area contributed by atoms with E-state index in [1.807, 2.05) is 4.68 Å². The van der Waals surface area contributed by atoms with Gasteiger partial charge in [0.25, 0.3) is 0 Å². The van der Waals surface area contributed by atoms with Crippen molar-refractivity contribution >= 4 is 11.5 Å². The van der Waals surface area contributed by atoms with Gasteiger partial charge in [0.2, 0.25) is 5.13 Å². The van der Waals surface area contributed by atoms with Crippen LogP contribution in [0.15, 0.2) is 12.4 Å². The number of nitrogens with zero attached hydrogens (tertiary/aromatic N) is 4. The van der Waals surface area contributed by atoms with Gasteiger partial charge in [0, 0.05) is 17.2 Å². The standard InChI is InChI=1S/C9H12N4S/c1-3-7-5-8(4-2)13(12-7)9-10-6-11-14-9/h5-6H,3-4H2,1-2H3. The maximum Gasteiger partial charge on any atom is 0.230 e. The van der Waals surface area contributed by atoms with Crippen LogP contribution < -0.4 is 0 Å². The van der Waals surface area contributed by atoms with Crippen LogP contribution in [-0.2, 0) is 12.8 Å². The second-order valence-corrected chi connectivity index (χ2v) is 3.73. The molecule has 0 aliphatic heterocycles. The molecule has 0 radical (unpaired) electrons. The highest BCUT2D eigenvalue weighted by Gasteiger charge is 2.08. The SMILES string of the molecule is CCc1cc(CC)n(-c2ncns2)n1. The summed E-state index contributed by atoms with van der Waals surface area (Å²) in [6, 6.07) is 2.13.